The maximum Gasteiger partial charge on any atom is 0.221 e. The molecular formula is C9H19O2P. The van der Waals surface area contributed by atoms with E-state index in [9.17, 15) is 4.57 Å². The predicted molar refractivity (Wildman–Crippen MR) is 53.8 cm³/mol. The SMILES string of the molecule is C=CP(C)(=O)OCCCCCC. The zero-order valence-electron chi connectivity index (χ0n) is 8.08. The molecule has 0 fully saturated rings. The van der Waals surface area contributed by atoms with Gasteiger partial charge in [-0.1, -0.05) is 32.8 Å². The smallest absolute Gasteiger partial charge is 0.221 e. The van der Waals surface area contributed by atoms with Crippen LogP contribution in [0.2, 0.25) is 0 Å². The third kappa shape index (κ3) is 6.63. The molecular weight excluding hydrogens is 171 g/mol. The van der Waals surface area contributed by atoms with Gasteiger partial charge in [-0.3, -0.25) is 4.57 Å². The van der Waals surface area contributed by atoms with Crippen molar-refractivity contribution >= 4 is 7.37 Å². The van der Waals surface area contributed by atoms with E-state index < -0.39 is 7.37 Å². The second kappa shape index (κ2) is 6.45. The molecule has 0 radical (unpaired) electrons. The van der Waals surface area contributed by atoms with Gasteiger partial charge in [0, 0.05) is 6.66 Å². The summed E-state index contributed by atoms with van der Waals surface area (Å²) in [5, 5.41) is 0. The average molecular weight is 190 g/mol. The maximum absolute atomic E-state index is 11.3. The van der Waals surface area contributed by atoms with Gasteiger partial charge in [-0.15, -0.1) is 0 Å². The number of rotatable bonds is 7. The van der Waals surface area contributed by atoms with Gasteiger partial charge in [-0.2, -0.15) is 0 Å². The van der Waals surface area contributed by atoms with Crippen molar-refractivity contribution in [2.75, 3.05) is 13.3 Å². The first kappa shape index (κ1) is 11.9. The van der Waals surface area contributed by atoms with E-state index in [2.05, 4.69) is 13.5 Å². The van der Waals surface area contributed by atoms with Crippen LogP contribution in [-0.2, 0) is 9.09 Å². The fraction of sp³-hybridized carbons (Fsp3) is 0.778. The van der Waals surface area contributed by atoms with Gasteiger partial charge in [-0.25, -0.2) is 0 Å². The fourth-order valence-electron chi connectivity index (χ4n) is 0.827. The van der Waals surface area contributed by atoms with E-state index in [1.54, 1.807) is 6.66 Å². The molecule has 0 aliphatic heterocycles. The third-order valence-corrected chi connectivity index (χ3v) is 3.04. The Bertz CT molecular complexity index is 166. The number of unbranched alkanes of at least 4 members (excludes halogenated alkanes) is 3. The molecule has 0 amide bonds. The fourth-order valence-corrected chi connectivity index (χ4v) is 1.42. The second-order valence-corrected chi connectivity index (χ2v) is 5.43. The molecule has 0 saturated heterocycles. The minimum absolute atomic E-state index is 0.597. The molecule has 0 aromatic carbocycles. The van der Waals surface area contributed by atoms with E-state index in [1.807, 2.05) is 0 Å². The van der Waals surface area contributed by atoms with Crippen molar-refractivity contribution in [3.63, 3.8) is 0 Å². The molecule has 0 heterocycles. The van der Waals surface area contributed by atoms with Crippen LogP contribution in [0.3, 0.4) is 0 Å². The Hall–Kier alpha value is -0.0700. The summed E-state index contributed by atoms with van der Waals surface area (Å²) in [6.45, 7) is 7.82. The van der Waals surface area contributed by atoms with Crippen LogP contribution >= 0.6 is 7.37 Å². The summed E-state index contributed by atoms with van der Waals surface area (Å²) in [5.74, 6) is 1.41. The lowest BCUT2D eigenvalue weighted by Gasteiger charge is -2.08. The summed E-state index contributed by atoms with van der Waals surface area (Å²) in [5.41, 5.74) is 0. The maximum atomic E-state index is 11.3. The van der Waals surface area contributed by atoms with E-state index >= 15 is 0 Å². The Morgan fingerprint density at radius 3 is 2.58 bits per heavy atom. The Balaban J connectivity index is 3.31. The van der Waals surface area contributed by atoms with Gasteiger partial charge in [0.1, 0.15) is 0 Å². The highest BCUT2D eigenvalue weighted by Gasteiger charge is 2.08. The molecule has 0 saturated carbocycles. The molecule has 0 rings (SSSR count). The average Bonchev–Trinajstić information content (AvgIpc) is 2.04. The molecule has 72 valence electrons. The lowest BCUT2D eigenvalue weighted by atomic mass is 10.2. The summed E-state index contributed by atoms with van der Waals surface area (Å²) in [6.07, 6.45) is 4.60. The first-order chi connectivity index (χ1) is 5.62. The molecule has 1 unspecified atom stereocenters. The highest BCUT2D eigenvalue weighted by Crippen LogP contribution is 2.43. The van der Waals surface area contributed by atoms with Gasteiger partial charge >= 0.3 is 0 Å². The van der Waals surface area contributed by atoms with Crippen LogP contribution in [0.4, 0.5) is 0 Å². The molecule has 0 aliphatic carbocycles. The molecule has 3 heteroatoms. The van der Waals surface area contributed by atoms with E-state index in [4.69, 9.17) is 4.52 Å². The molecule has 0 N–H and O–H groups in total. The molecule has 2 nitrogen and oxygen atoms in total. The molecule has 1 atom stereocenters. The topological polar surface area (TPSA) is 26.3 Å². The Morgan fingerprint density at radius 2 is 2.08 bits per heavy atom. The van der Waals surface area contributed by atoms with Crippen molar-refractivity contribution in [2.45, 2.75) is 32.6 Å². The molecule has 12 heavy (non-hydrogen) atoms. The van der Waals surface area contributed by atoms with Crippen LogP contribution in [0.15, 0.2) is 12.4 Å². The van der Waals surface area contributed by atoms with Crippen LogP contribution in [0, 0.1) is 0 Å². The minimum Gasteiger partial charge on any atom is -0.326 e. The Morgan fingerprint density at radius 1 is 1.42 bits per heavy atom. The highest BCUT2D eigenvalue weighted by atomic mass is 31.2. The van der Waals surface area contributed by atoms with E-state index in [0.717, 1.165) is 12.8 Å². The van der Waals surface area contributed by atoms with Crippen LogP contribution in [0.1, 0.15) is 32.6 Å². The van der Waals surface area contributed by atoms with Crippen molar-refractivity contribution in [3.05, 3.63) is 12.4 Å². The molecule has 0 spiro atoms. The van der Waals surface area contributed by atoms with E-state index in [-0.39, 0.29) is 0 Å². The lowest BCUT2D eigenvalue weighted by molar-refractivity contribution is 0.311. The van der Waals surface area contributed by atoms with Crippen molar-refractivity contribution in [1.29, 1.82) is 0 Å². The molecule has 0 aliphatic rings. The Labute approximate surface area is 75.5 Å². The second-order valence-electron chi connectivity index (χ2n) is 2.99. The standard InChI is InChI=1S/C9H19O2P/c1-4-6-7-8-9-11-12(3,10)5-2/h5H,2,4,6-9H2,1,3H3. The summed E-state index contributed by atoms with van der Waals surface area (Å²) in [7, 11) is -2.46. The molecule has 0 bridgehead atoms. The molecule has 0 aromatic rings. The van der Waals surface area contributed by atoms with Crippen LogP contribution < -0.4 is 0 Å². The van der Waals surface area contributed by atoms with Gasteiger partial charge in [0.05, 0.1) is 6.61 Å². The van der Waals surface area contributed by atoms with Crippen LogP contribution in [0.25, 0.3) is 0 Å². The van der Waals surface area contributed by atoms with Gasteiger partial charge < -0.3 is 4.52 Å². The van der Waals surface area contributed by atoms with Crippen molar-refractivity contribution in [2.24, 2.45) is 0 Å². The first-order valence-corrected chi connectivity index (χ1v) is 6.62. The highest BCUT2D eigenvalue weighted by molar-refractivity contribution is 7.61. The summed E-state index contributed by atoms with van der Waals surface area (Å²) >= 11 is 0. The number of hydrogen-bond donors (Lipinski definition) is 0. The molecule has 0 aromatic heterocycles. The third-order valence-electron chi connectivity index (χ3n) is 1.68. The lowest BCUT2D eigenvalue weighted by Crippen LogP contribution is -1.90. The van der Waals surface area contributed by atoms with Gasteiger partial charge in [0.2, 0.25) is 7.37 Å². The van der Waals surface area contributed by atoms with Gasteiger partial charge in [-0.05, 0) is 12.2 Å². The van der Waals surface area contributed by atoms with E-state index in [1.165, 1.54) is 18.7 Å². The van der Waals surface area contributed by atoms with Crippen molar-refractivity contribution < 1.29 is 9.09 Å². The van der Waals surface area contributed by atoms with Crippen molar-refractivity contribution in [3.8, 4) is 0 Å². The first-order valence-electron chi connectivity index (χ1n) is 4.47. The monoisotopic (exact) mass is 190 g/mol. The van der Waals surface area contributed by atoms with Crippen LogP contribution in [0.5, 0.6) is 0 Å². The minimum atomic E-state index is -2.46. The van der Waals surface area contributed by atoms with Crippen molar-refractivity contribution in [1.82, 2.24) is 0 Å². The normalized spacial score (nSPS) is 15.5. The summed E-state index contributed by atoms with van der Waals surface area (Å²) in [4.78, 5) is 0. The summed E-state index contributed by atoms with van der Waals surface area (Å²) < 4.78 is 16.4. The quantitative estimate of drug-likeness (QED) is 0.452. The largest absolute Gasteiger partial charge is 0.326 e. The number of hydrogen-bond acceptors (Lipinski definition) is 2. The van der Waals surface area contributed by atoms with Gasteiger partial charge in [0.25, 0.3) is 0 Å². The van der Waals surface area contributed by atoms with Crippen LogP contribution in [-0.4, -0.2) is 13.3 Å². The van der Waals surface area contributed by atoms with E-state index in [0.29, 0.717) is 6.61 Å². The van der Waals surface area contributed by atoms with Gasteiger partial charge in [0.15, 0.2) is 0 Å². The summed E-state index contributed by atoms with van der Waals surface area (Å²) in [6, 6.07) is 0. The zero-order chi connectivity index (χ0) is 9.45. The Kier molecular flexibility index (Phi) is 6.41. The predicted octanol–water partition coefficient (Wildman–Crippen LogP) is 3.63. The zero-order valence-corrected chi connectivity index (χ0v) is 8.98.